The molecule has 5 rings (SSSR count). The van der Waals surface area contributed by atoms with Crippen molar-refractivity contribution in [3.63, 3.8) is 0 Å². The van der Waals surface area contributed by atoms with Gasteiger partial charge in [0.15, 0.2) is 17.3 Å². The van der Waals surface area contributed by atoms with E-state index in [4.69, 9.17) is 37.4 Å². The summed E-state index contributed by atoms with van der Waals surface area (Å²) in [5, 5.41) is 4.21. The number of ether oxygens (including phenoxy) is 3. The van der Waals surface area contributed by atoms with Crippen LogP contribution in [0.15, 0.2) is 77.5 Å². The number of carbonyl (C=O) groups is 2. The van der Waals surface area contributed by atoms with Gasteiger partial charge in [0, 0.05) is 28.3 Å². The van der Waals surface area contributed by atoms with Crippen LogP contribution in [-0.2, 0) is 16.1 Å². The van der Waals surface area contributed by atoms with Crippen molar-refractivity contribution in [3.8, 4) is 11.5 Å². The minimum absolute atomic E-state index is 0.125. The summed E-state index contributed by atoms with van der Waals surface area (Å²) < 4.78 is 17.1. The van der Waals surface area contributed by atoms with Crippen LogP contribution in [-0.4, -0.2) is 25.5 Å². The molecule has 0 aromatic heterocycles. The van der Waals surface area contributed by atoms with Gasteiger partial charge in [-0.05, 0) is 49.2 Å². The molecule has 0 radical (unpaired) electrons. The Bertz CT molecular complexity index is 1520. The predicted octanol–water partition coefficient (Wildman–Crippen LogP) is 6.71. The number of hydrogen-bond acceptors (Lipinski definition) is 6. The molecular weight excluding hydrogens is 525 g/mol. The van der Waals surface area contributed by atoms with Crippen molar-refractivity contribution in [3.05, 3.63) is 110 Å². The Hall–Kier alpha value is -3.74. The largest absolute Gasteiger partial charge is 0.490 e. The molecule has 0 saturated carbocycles. The summed E-state index contributed by atoms with van der Waals surface area (Å²) in [6, 6.07) is 18.2. The first-order valence-corrected chi connectivity index (χ1v) is 12.9. The van der Waals surface area contributed by atoms with Crippen LogP contribution in [0.3, 0.4) is 0 Å². The van der Waals surface area contributed by atoms with Gasteiger partial charge in [0.25, 0.3) is 0 Å². The molecule has 1 heterocycles. The van der Waals surface area contributed by atoms with Crippen LogP contribution in [0.25, 0.3) is 5.70 Å². The minimum Gasteiger partial charge on any atom is -0.490 e. The molecule has 1 aliphatic carbocycles. The normalized spacial score (nSPS) is 16.1. The van der Waals surface area contributed by atoms with Gasteiger partial charge in [0.05, 0.1) is 35.0 Å². The van der Waals surface area contributed by atoms with E-state index in [-0.39, 0.29) is 12.4 Å². The number of hydrogen-bond donors (Lipinski definition) is 1. The van der Waals surface area contributed by atoms with Gasteiger partial charge in [-0.1, -0.05) is 59.6 Å². The molecule has 2 aliphatic rings. The molecule has 38 heavy (non-hydrogen) atoms. The molecule has 0 saturated heterocycles. The Morgan fingerprint density at radius 3 is 2.42 bits per heavy atom. The van der Waals surface area contributed by atoms with E-state index in [1.54, 1.807) is 24.3 Å². The van der Waals surface area contributed by atoms with Gasteiger partial charge in [-0.25, -0.2) is 4.79 Å². The van der Waals surface area contributed by atoms with E-state index >= 15 is 0 Å². The van der Waals surface area contributed by atoms with Crippen molar-refractivity contribution in [2.75, 3.05) is 13.7 Å². The number of ketones is 1. The number of rotatable bonds is 7. The number of carbonyl (C=O) groups excluding carboxylic acids is 2. The molecule has 1 N–H and O–H groups in total. The molecule has 1 aliphatic heterocycles. The summed E-state index contributed by atoms with van der Waals surface area (Å²) in [5.74, 6) is -0.267. The zero-order chi connectivity index (χ0) is 27.0. The van der Waals surface area contributed by atoms with E-state index in [0.717, 1.165) is 11.1 Å². The number of Topliss-reactive ketones (excluding diaryl/α,β-unsaturated/α-hetero) is 1. The Labute approximate surface area is 230 Å². The number of dihydropyridines is 1. The molecule has 3 aromatic rings. The summed E-state index contributed by atoms with van der Waals surface area (Å²) in [7, 11) is 1.33. The van der Waals surface area contributed by atoms with Crippen molar-refractivity contribution in [1.82, 2.24) is 5.32 Å². The maximum absolute atomic E-state index is 13.6. The van der Waals surface area contributed by atoms with Crippen molar-refractivity contribution in [2.24, 2.45) is 0 Å². The van der Waals surface area contributed by atoms with Crippen LogP contribution in [0.1, 0.15) is 46.8 Å². The third-order valence-electron chi connectivity index (χ3n) is 6.63. The van der Waals surface area contributed by atoms with Gasteiger partial charge in [-0.15, -0.1) is 0 Å². The van der Waals surface area contributed by atoms with Crippen LogP contribution < -0.4 is 14.8 Å². The van der Waals surface area contributed by atoms with Crippen LogP contribution in [0.4, 0.5) is 0 Å². The number of halogens is 2. The molecule has 0 amide bonds. The zero-order valence-electron chi connectivity index (χ0n) is 21.1. The van der Waals surface area contributed by atoms with E-state index in [9.17, 15) is 9.59 Å². The molecule has 0 unspecified atom stereocenters. The maximum Gasteiger partial charge on any atom is 0.336 e. The molecule has 0 spiro atoms. The summed E-state index contributed by atoms with van der Waals surface area (Å²) in [5.41, 5.74) is 5.18. The fourth-order valence-corrected chi connectivity index (χ4v) is 5.25. The lowest BCUT2D eigenvalue weighted by atomic mass is 9.79. The summed E-state index contributed by atoms with van der Waals surface area (Å²) in [6.07, 6.45) is 0. The number of esters is 1. The summed E-state index contributed by atoms with van der Waals surface area (Å²) in [6.45, 7) is 4.34. The van der Waals surface area contributed by atoms with Gasteiger partial charge in [-0.3, -0.25) is 4.79 Å². The van der Waals surface area contributed by atoms with Gasteiger partial charge in [0.1, 0.15) is 6.61 Å². The maximum atomic E-state index is 13.6. The van der Waals surface area contributed by atoms with Gasteiger partial charge in [0.2, 0.25) is 0 Å². The van der Waals surface area contributed by atoms with Crippen molar-refractivity contribution < 1.29 is 23.8 Å². The average molecular weight is 550 g/mol. The average Bonchev–Trinajstić information content (AvgIpc) is 3.20. The number of benzene rings is 3. The highest BCUT2D eigenvalue weighted by molar-refractivity contribution is 6.42. The number of fused-ring (bicyclic) bond motifs is 2. The molecule has 8 heteroatoms. The van der Waals surface area contributed by atoms with Crippen molar-refractivity contribution in [2.45, 2.75) is 26.4 Å². The zero-order valence-corrected chi connectivity index (χ0v) is 22.6. The van der Waals surface area contributed by atoms with Crippen LogP contribution >= 0.6 is 23.2 Å². The third-order valence-corrected chi connectivity index (χ3v) is 7.37. The topological polar surface area (TPSA) is 73.9 Å². The second-order valence-corrected chi connectivity index (χ2v) is 9.74. The summed E-state index contributed by atoms with van der Waals surface area (Å²) >= 11 is 12.2. The molecule has 0 fully saturated rings. The van der Waals surface area contributed by atoms with E-state index in [0.29, 0.717) is 61.8 Å². The predicted molar refractivity (Wildman–Crippen MR) is 147 cm³/mol. The molecule has 194 valence electrons. The van der Waals surface area contributed by atoms with E-state index in [1.807, 2.05) is 50.2 Å². The van der Waals surface area contributed by atoms with Gasteiger partial charge >= 0.3 is 5.97 Å². The van der Waals surface area contributed by atoms with Crippen LogP contribution in [0.2, 0.25) is 10.0 Å². The fourth-order valence-electron chi connectivity index (χ4n) is 4.93. The lowest BCUT2D eigenvalue weighted by Gasteiger charge is -2.29. The molecular formula is C30H25Cl2NO5. The fraction of sp³-hybridized carbons (Fsp3) is 0.200. The monoisotopic (exact) mass is 549 g/mol. The van der Waals surface area contributed by atoms with Crippen LogP contribution in [0.5, 0.6) is 11.5 Å². The van der Waals surface area contributed by atoms with Crippen LogP contribution in [0, 0.1) is 0 Å². The SMILES string of the molecule is CCOc1cc([C@@H]2C(C(=O)OC)=C(C)NC3=C2C(=O)c2ccccc23)ccc1OCc1ccc(Cl)c(Cl)c1. The van der Waals surface area contributed by atoms with Crippen molar-refractivity contribution in [1.29, 1.82) is 0 Å². The number of nitrogens with one attached hydrogen (secondary N) is 1. The molecule has 0 bridgehead atoms. The van der Waals surface area contributed by atoms with E-state index < -0.39 is 11.9 Å². The van der Waals surface area contributed by atoms with E-state index in [1.165, 1.54) is 7.11 Å². The lowest BCUT2D eigenvalue weighted by molar-refractivity contribution is -0.136. The van der Waals surface area contributed by atoms with Gasteiger partial charge in [-0.2, -0.15) is 0 Å². The van der Waals surface area contributed by atoms with E-state index in [2.05, 4.69) is 5.32 Å². The second kappa shape index (κ2) is 10.6. The molecule has 6 nitrogen and oxygen atoms in total. The Balaban J connectivity index is 1.56. The van der Waals surface area contributed by atoms with Gasteiger partial charge < -0.3 is 19.5 Å². The minimum atomic E-state index is -0.651. The number of allylic oxidation sites excluding steroid dienone is 2. The first kappa shape index (κ1) is 25.9. The number of methoxy groups -OCH3 is 1. The highest BCUT2D eigenvalue weighted by atomic mass is 35.5. The smallest absolute Gasteiger partial charge is 0.336 e. The standard InChI is InChI=1S/C30H25Cl2NO5/c1-4-37-24-14-18(10-12-23(24)38-15-17-9-11-21(31)22(32)13-17)26-25(30(35)36-3)16(2)33-28-19-7-5-6-8-20(19)29(34)27(26)28/h5-14,26,33H,4,15H2,1-3H3/t26-/m1/s1. The third kappa shape index (κ3) is 4.55. The second-order valence-electron chi connectivity index (χ2n) is 8.93. The highest BCUT2D eigenvalue weighted by Gasteiger charge is 2.43. The lowest BCUT2D eigenvalue weighted by Crippen LogP contribution is -2.29. The molecule has 3 aromatic carbocycles. The van der Waals surface area contributed by atoms with Crippen molar-refractivity contribution >= 4 is 40.7 Å². The summed E-state index contributed by atoms with van der Waals surface area (Å²) in [4.78, 5) is 26.6. The Morgan fingerprint density at radius 2 is 1.71 bits per heavy atom. The quantitative estimate of drug-likeness (QED) is 0.330. The Kier molecular flexibility index (Phi) is 7.19. The highest BCUT2D eigenvalue weighted by Crippen LogP contribution is 2.48. The first-order valence-electron chi connectivity index (χ1n) is 12.1. The molecule has 1 atom stereocenters. The Morgan fingerprint density at radius 1 is 0.947 bits per heavy atom. The first-order chi connectivity index (χ1) is 18.3.